The Kier molecular flexibility index (Phi) is 6.13. The van der Waals surface area contributed by atoms with Crippen molar-refractivity contribution in [3.05, 3.63) is 71.3 Å². The number of nitrogens with one attached hydrogen (secondary N) is 1. The summed E-state index contributed by atoms with van der Waals surface area (Å²) >= 11 is 0. The lowest BCUT2D eigenvalue weighted by atomic mass is 10.0. The molecule has 0 aliphatic rings. The van der Waals surface area contributed by atoms with Crippen LogP contribution in [0.25, 0.3) is 0 Å². The zero-order valence-electron chi connectivity index (χ0n) is 12.7. The molecule has 2 aromatic carbocycles. The van der Waals surface area contributed by atoms with Gasteiger partial charge in [-0.1, -0.05) is 54.6 Å². The second-order valence-electron chi connectivity index (χ2n) is 5.15. The van der Waals surface area contributed by atoms with E-state index in [9.17, 15) is 9.90 Å². The first-order valence-corrected chi connectivity index (χ1v) is 7.29. The molecular weight excluding hydrogens is 278 g/mol. The fourth-order valence-corrected chi connectivity index (χ4v) is 2.17. The van der Waals surface area contributed by atoms with Crippen molar-refractivity contribution in [1.29, 1.82) is 0 Å². The minimum Gasteiger partial charge on any atom is -0.387 e. The van der Waals surface area contributed by atoms with Crippen molar-refractivity contribution >= 4 is 5.91 Å². The number of amides is 1. The Hall–Kier alpha value is -2.17. The molecule has 0 saturated heterocycles. The zero-order valence-corrected chi connectivity index (χ0v) is 12.7. The van der Waals surface area contributed by atoms with Gasteiger partial charge in [0, 0.05) is 6.54 Å². The average molecular weight is 299 g/mol. The predicted octanol–water partition coefficient (Wildman–Crippen LogP) is 2.36. The third-order valence-corrected chi connectivity index (χ3v) is 3.38. The van der Waals surface area contributed by atoms with Crippen LogP contribution in [0.5, 0.6) is 0 Å². The smallest absolute Gasteiger partial charge is 0.246 e. The van der Waals surface area contributed by atoms with E-state index in [-0.39, 0.29) is 19.1 Å². The first-order chi connectivity index (χ1) is 10.7. The summed E-state index contributed by atoms with van der Waals surface area (Å²) < 4.78 is 5.35. The molecule has 1 atom stereocenters. The molecule has 0 aliphatic heterocycles. The highest BCUT2D eigenvalue weighted by Crippen LogP contribution is 2.16. The Morgan fingerprint density at radius 3 is 2.55 bits per heavy atom. The third-order valence-electron chi connectivity index (χ3n) is 3.38. The fraction of sp³-hybridized carbons (Fsp3) is 0.278. The van der Waals surface area contributed by atoms with Crippen molar-refractivity contribution < 1.29 is 14.6 Å². The van der Waals surface area contributed by atoms with Crippen LogP contribution in [0.3, 0.4) is 0 Å². The molecule has 0 aliphatic carbocycles. The molecule has 4 heteroatoms. The Labute approximate surface area is 130 Å². The van der Waals surface area contributed by atoms with E-state index in [2.05, 4.69) is 5.32 Å². The predicted molar refractivity (Wildman–Crippen MR) is 85.2 cm³/mol. The number of ether oxygens (including phenoxy) is 1. The number of hydrogen-bond donors (Lipinski definition) is 2. The van der Waals surface area contributed by atoms with Gasteiger partial charge in [-0.2, -0.15) is 0 Å². The lowest BCUT2D eigenvalue weighted by Gasteiger charge is -2.14. The monoisotopic (exact) mass is 299 g/mol. The Balaban J connectivity index is 1.70. The van der Waals surface area contributed by atoms with Gasteiger partial charge in [0.2, 0.25) is 5.91 Å². The summed E-state index contributed by atoms with van der Waals surface area (Å²) in [6, 6.07) is 17.3. The van der Waals surface area contributed by atoms with Gasteiger partial charge >= 0.3 is 0 Å². The minimum atomic E-state index is -0.709. The molecule has 0 aromatic heterocycles. The van der Waals surface area contributed by atoms with E-state index in [1.807, 2.05) is 61.5 Å². The Morgan fingerprint density at radius 2 is 1.82 bits per heavy atom. The van der Waals surface area contributed by atoms with Crippen LogP contribution in [-0.4, -0.2) is 24.2 Å². The summed E-state index contributed by atoms with van der Waals surface area (Å²) in [4.78, 5) is 11.7. The number of benzene rings is 2. The van der Waals surface area contributed by atoms with E-state index >= 15 is 0 Å². The molecule has 22 heavy (non-hydrogen) atoms. The van der Waals surface area contributed by atoms with E-state index in [4.69, 9.17) is 4.74 Å². The number of carbonyl (C=O) groups is 1. The van der Waals surface area contributed by atoms with Crippen LogP contribution in [0.1, 0.15) is 22.8 Å². The first-order valence-electron chi connectivity index (χ1n) is 7.29. The molecule has 116 valence electrons. The van der Waals surface area contributed by atoms with Crippen molar-refractivity contribution in [2.24, 2.45) is 0 Å². The van der Waals surface area contributed by atoms with Crippen molar-refractivity contribution in [2.45, 2.75) is 19.6 Å². The normalized spacial score (nSPS) is 11.9. The van der Waals surface area contributed by atoms with Crippen LogP contribution < -0.4 is 5.32 Å². The second kappa shape index (κ2) is 8.32. The summed E-state index contributed by atoms with van der Waals surface area (Å²) in [7, 11) is 0. The number of hydrogen-bond acceptors (Lipinski definition) is 3. The van der Waals surface area contributed by atoms with Gasteiger partial charge in [-0.15, -0.1) is 0 Å². The number of aryl methyl sites for hydroxylation is 1. The standard InChI is InChI=1S/C18H21NO3/c1-14-7-5-6-10-16(14)17(20)11-19-18(21)13-22-12-15-8-3-2-4-9-15/h2-10,17,20H,11-13H2,1H3,(H,19,21)/t17-/m1/s1. The number of aliphatic hydroxyl groups is 1. The van der Waals surface area contributed by atoms with E-state index in [0.29, 0.717) is 6.61 Å². The number of rotatable bonds is 7. The molecular formula is C18H21NO3. The van der Waals surface area contributed by atoms with Crippen LogP contribution in [0.15, 0.2) is 54.6 Å². The van der Waals surface area contributed by atoms with Gasteiger partial charge in [-0.25, -0.2) is 0 Å². The van der Waals surface area contributed by atoms with Gasteiger partial charge in [-0.05, 0) is 23.6 Å². The Bertz CT molecular complexity index is 598. The summed E-state index contributed by atoms with van der Waals surface area (Å²) in [6.45, 7) is 2.49. The van der Waals surface area contributed by atoms with Crippen LogP contribution in [0.4, 0.5) is 0 Å². The first kappa shape index (κ1) is 16.2. The average Bonchev–Trinajstić information content (AvgIpc) is 2.54. The summed E-state index contributed by atoms with van der Waals surface area (Å²) in [6.07, 6.45) is -0.709. The molecule has 0 saturated carbocycles. The quantitative estimate of drug-likeness (QED) is 0.825. The van der Waals surface area contributed by atoms with E-state index < -0.39 is 6.10 Å². The minimum absolute atomic E-state index is 0.0185. The van der Waals surface area contributed by atoms with Crippen molar-refractivity contribution in [2.75, 3.05) is 13.2 Å². The summed E-state index contributed by atoms with van der Waals surface area (Å²) in [5, 5.41) is 12.8. The molecule has 2 rings (SSSR count). The SMILES string of the molecule is Cc1ccccc1[C@H](O)CNC(=O)COCc1ccccc1. The second-order valence-corrected chi connectivity index (χ2v) is 5.15. The van der Waals surface area contributed by atoms with E-state index in [0.717, 1.165) is 16.7 Å². The lowest BCUT2D eigenvalue weighted by molar-refractivity contribution is -0.126. The molecule has 0 spiro atoms. The summed E-state index contributed by atoms with van der Waals surface area (Å²) in [5.41, 5.74) is 2.85. The maximum atomic E-state index is 11.7. The number of carbonyl (C=O) groups excluding carboxylic acids is 1. The van der Waals surface area contributed by atoms with E-state index in [1.54, 1.807) is 0 Å². The van der Waals surface area contributed by atoms with E-state index in [1.165, 1.54) is 0 Å². The maximum absolute atomic E-state index is 11.7. The Morgan fingerprint density at radius 1 is 1.14 bits per heavy atom. The molecule has 1 amide bonds. The molecule has 2 N–H and O–H groups in total. The highest BCUT2D eigenvalue weighted by molar-refractivity contribution is 5.77. The molecule has 0 fully saturated rings. The van der Waals surface area contributed by atoms with Crippen molar-refractivity contribution in [1.82, 2.24) is 5.32 Å². The molecule has 0 radical (unpaired) electrons. The van der Waals surface area contributed by atoms with Gasteiger partial charge in [0.25, 0.3) is 0 Å². The van der Waals surface area contributed by atoms with Crippen molar-refractivity contribution in [3.8, 4) is 0 Å². The zero-order chi connectivity index (χ0) is 15.8. The van der Waals surface area contributed by atoms with Gasteiger partial charge < -0.3 is 15.2 Å². The van der Waals surface area contributed by atoms with Crippen LogP contribution in [-0.2, 0) is 16.1 Å². The highest BCUT2D eigenvalue weighted by Gasteiger charge is 2.11. The van der Waals surface area contributed by atoms with Crippen LogP contribution >= 0.6 is 0 Å². The lowest BCUT2D eigenvalue weighted by Crippen LogP contribution is -2.31. The topological polar surface area (TPSA) is 58.6 Å². The van der Waals surface area contributed by atoms with Gasteiger partial charge in [0.15, 0.2) is 0 Å². The number of aliphatic hydroxyl groups excluding tert-OH is 1. The van der Waals surface area contributed by atoms with Crippen molar-refractivity contribution in [3.63, 3.8) is 0 Å². The summed E-state index contributed by atoms with van der Waals surface area (Å²) in [5.74, 6) is -0.233. The largest absolute Gasteiger partial charge is 0.387 e. The molecule has 2 aromatic rings. The molecule has 0 bridgehead atoms. The molecule has 0 unspecified atom stereocenters. The van der Waals surface area contributed by atoms with Gasteiger partial charge in [-0.3, -0.25) is 4.79 Å². The highest BCUT2D eigenvalue weighted by atomic mass is 16.5. The fourth-order valence-electron chi connectivity index (χ4n) is 2.17. The molecule has 4 nitrogen and oxygen atoms in total. The maximum Gasteiger partial charge on any atom is 0.246 e. The molecule has 0 heterocycles. The van der Waals surface area contributed by atoms with Crippen LogP contribution in [0, 0.1) is 6.92 Å². The van der Waals surface area contributed by atoms with Crippen LogP contribution in [0.2, 0.25) is 0 Å². The van der Waals surface area contributed by atoms with Gasteiger partial charge in [0.05, 0.1) is 12.7 Å². The van der Waals surface area contributed by atoms with Gasteiger partial charge in [0.1, 0.15) is 6.61 Å². The third kappa shape index (κ3) is 4.98.